The second-order valence-electron chi connectivity index (χ2n) is 7.62. The number of likely N-dealkylation sites (N-methyl/N-ethyl adjacent to an activating group) is 1. The third-order valence-corrected chi connectivity index (χ3v) is 5.94. The molecule has 4 atom stereocenters. The van der Waals surface area contributed by atoms with Gasteiger partial charge in [0.05, 0.1) is 22.9 Å². The molecule has 136 valence electrons. The number of rotatable bonds is 4. The van der Waals surface area contributed by atoms with Gasteiger partial charge in [-0.2, -0.15) is 0 Å². The highest BCUT2D eigenvalue weighted by molar-refractivity contribution is 6.30. The van der Waals surface area contributed by atoms with Crippen molar-refractivity contribution in [1.29, 1.82) is 0 Å². The molecule has 1 amide bonds. The van der Waals surface area contributed by atoms with Gasteiger partial charge in [-0.1, -0.05) is 31.5 Å². The Labute approximate surface area is 151 Å². The maximum atomic E-state index is 13.8. The molecule has 2 aliphatic rings. The molecular formula is C18H22ClFN2O3. The highest BCUT2D eigenvalue weighted by Crippen LogP contribution is 2.58. The molecule has 1 aliphatic heterocycles. The molecule has 1 heterocycles. The van der Waals surface area contributed by atoms with Crippen LogP contribution in [0.3, 0.4) is 0 Å². The molecule has 2 unspecified atom stereocenters. The summed E-state index contributed by atoms with van der Waals surface area (Å²) in [5, 5.41) is 12.3. The van der Waals surface area contributed by atoms with Crippen LogP contribution < -0.4 is 5.32 Å². The summed E-state index contributed by atoms with van der Waals surface area (Å²) in [6, 6.07) is 4.32. The van der Waals surface area contributed by atoms with Crippen LogP contribution in [-0.4, -0.2) is 41.5 Å². The average Bonchev–Trinajstić information content (AvgIpc) is 2.93. The number of halogens is 2. The zero-order chi connectivity index (χ0) is 18.5. The van der Waals surface area contributed by atoms with Crippen LogP contribution in [0.2, 0.25) is 5.02 Å². The van der Waals surface area contributed by atoms with Crippen molar-refractivity contribution >= 4 is 23.5 Å². The highest BCUT2D eigenvalue weighted by Gasteiger charge is 2.66. The van der Waals surface area contributed by atoms with Crippen LogP contribution in [0.4, 0.5) is 4.39 Å². The smallest absolute Gasteiger partial charge is 0.307 e. The van der Waals surface area contributed by atoms with Crippen LogP contribution in [-0.2, 0) is 9.59 Å². The summed E-state index contributed by atoms with van der Waals surface area (Å²) < 4.78 is 13.8. The number of hydrogen-bond donors (Lipinski definition) is 2. The predicted octanol–water partition coefficient (Wildman–Crippen LogP) is 2.70. The fraction of sp³-hybridized carbons (Fsp3) is 0.556. The predicted molar refractivity (Wildman–Crippen MR) is 91.7 cm³/mol. The van der Waals surface area contributed by atoms with Gasteiger partial charge in [0.2, 0.25) is 5.91 Å². The van der Waals surface area contributed by atoms with Crippen molar-refractivity contribution in [3.05, 3.63) is 34.6 Å². The Bertz CT molecular complexity index is 724. The Kier molecular flexibility index (Phi) is 4.54. The molecule has 1 saturated heterocycles. The quantitative estimate of drug-likeness (QED) is 0.857. The first-order valence-corrected chi connectivity index (χ1v) is 8.70. The van der Waals surface area contributed by atoms with E-state index in [0.717, 1.165) is 18.5 Å². The van der Waals surface area contributed by atoms with E-state index in [1.165, 1.54) is 12.1 Å². The first kappa shape index (κ1) is 18.1. The van der Waals surface area contributed by atoms with Crippen molar-refractivity contribution in [1.82, 2.24) is 10.2 Å². The molecular weight excluding hydrogens is 347 g/mol. The van der Waals surface area contributed by atoms with E-state index >= 15 is 0 Å². The fourth-order valence-electron chi connectivity index (χ4n) is 4.14. The van der Waals surface area contributed by atoms with Crippen LogP contribution in [0.15, 0.2) is 18.2 Å². The summed E-state index contributed by atoms with van der Waals surface area (Å²) >= 11 is 5.76. The summed E-state index contributed by atoms with van der Waals surface area (Å²) in [5.74, 6) is -2.85. The third-order valence-electron chi connectivity index (χ3n) is 5.64. The molecule has 3 rings (SSSR count). The molecule has 2 fully saturated rings. The Morgan fingerprint density at radius 3 is 2.60 bits per heavy atom. The second-order valence-corrected chi connectivity index (χ2v) is 8.02. The first-order chi connectivity index (χ1) is 11.6. The molecule has 1 saturated carbocycles. The lowest BCUT2D eigenvalue weighted by atomic mass is 9.99. The molecule has 0 spiro atoms. The van der Waals surface area contributed by atoms with Crippen LogP contribution in [0.5, 0.6) is 0 Å². The summed E-state index contributed by atoms with van der Waals surface area (Å²) in [4.78, 5) is 26.0. The molecule has 2 N–H and O–H groups in total. The molecule has 1 aliphatic carbocycles. The van der Waals surface area contributed by atoms with Gasteiger partial charge in [0.25, 0.3) is 0 Å². The van der Waals surface area contributed by atoms with Crippen LogP contribution in [0.1, 0.15) is 31.9 Å². The maximum Gasteiger partial charge on any atom is 0.307 e. The number of carbonyl (C=O) groups excluding carboxylic acids is 1. The monoisotopic (exact) mass is 368 g/mol. The topological polar surface area (TPSA) is 69.6 Å². The van der Waals surface area contributed by atoms with E-state index < -0.39 is 29.0 Å². The van der Waals surface area contributed by atoms with E-state index in [0.29, 0.717) is 0 Å². The van der Waals surface area contributed by atoms with Gasteiger partial charge < -0.3 is 10.4 Å². The standard InChI is InChI=1S/C18H22ClFN2O3/c1-18(2)13(14(18)17(24)25)16(23)21-12-6-7-22(3)15(12)9-4-5-10(19)11(20)8-9/h4-5,8,12-15H,6-7H2,1-3H3,(H,21,23)(H,24,25)/t12?,13-,14+,15?/m0/s1. The summed E-state index contributed by atoms with van der Waals surface area (Å²) in [5.41, 5.74) is 0.208. The highest BCUT2D eigenvalue weighted by atomic mass is 35.5. The third kappa shape index (κ3) is 3.13. The van der Waals surface area contributed by atoms with E-state index in [1.807, 2.05) is 7.05 Å². The number of aliphatic carboxylic acids is 1. The van der Waals surface area contributed by atoms with Gasteiger partial charge in [-0.3, -0.25) is 14.5 Å². The Balaban J connectivity index is 1.76. The van der Waals surface area contributed by atoms with E-state index in [9.17, 15) is 19.1 Å². The van der Waals surface area contributed by atoms with E-state index in [-0.39, 0.29) is 23.0 Å². The van der Waals surface area contributed by atoms with E-state index in [1.54, 1.807) is 19.9 Å². The van der Waals surface area contributed by atoms with E-state index in [2.05, 4.69) is 10.2 Å². The van der Waals surface area contributed by atoms with Crippen LogP contribution >= 0.6 is 11.6 Å². The lowest BCUT2D eigenvalue weighted by Crippen LogP contribution is -2.40. The van der Waals surface area contributed by atoms with Crippen LogP contribution in [0.25, 0.3) is 0 Å². The average molecular weight is 369 g/mol. The minimum absolute atomic E-state index is 0.0639. The van der Waals surface area contributed by atoms with Gasteiger partial charge >= 0.3 is 5.97 Å². The van der Waals surface area contributed by atoms with Gasteiger partial charge in [-0.15, -0.1) is 0 Å². The molecule has 0 aromatic heterocycles. The van der Waals surface area contributed by atoms with Crippen molar-refractivity contribution in [2.75, 3.05) is 13.6 Å². The molecule has 7 heteroatoms. The van der Waals surface area contributed by atoms with Gasteiger partial charge in [0, 0.05) is 12.6 Å². The first-order valence-electron chi connectivity index (χ1n) is 8.33. The number of carboxylic acid groups (broad SMARTS) is 1. The Hall–Kier alpha value is -1.66. The minimum atomic E-state index is -0.940. The van der Waals surface area contributed by atoms with Crippen molar-refractivity contribution < 1.29 is 19.1 Å². The molecule has 0 radical (unpaired) electrons. The molecule has 0 bridgehead atoms. The van der Waals surface area contributed by atoms with E-state index in [4.69, 9.17) is 11.6 Å². The number of nitrogens with zero attached hydrogens (tertiary/aromatic N) is 1. The largest absolute Gasteiger partial charge is 0.481 e. The van der Waals surface area contributed by atoms with Gasteiger partial charge in [0.1, 0.15) is 5.82 Å². The number of nitrogens with one attached hydrogen (secondary N) is 1. The number of carbonyl (C=O) groups is 2. The lowest BCUT2D eigenvalue weighted by molar-refractivity contribution is -0.140. The molecule has 25 heavy (non-hydrogen) atoms. The maximum absolute atomic E-state index is 13.8. The number of carboxylic acids is 1. The number of amides is 1. The zero-order valence-corrected chi connectivity index (χ0v) is 15.2. The Morgan fingerprint density at radius 1 is 1.36 bits per heavy atom. The minimum Gasteiger partial charge on any atom is -0.481 e. The van der Waals surface area contributed by atoms with Gasteiger partial charge in [-0.25, -0.2) is 4.39 Å². The lowest BCUT2D eigenvalue weighted by Gasteiger charge is -2.26. The van der Waals surface area contributed by atoms with Gasteiger partial charge in [0.15, 0.2) is 0 Å². The van der Waals surface area contributed by atoms with Crippen molar-refractivity contribution in [2.45, 2.75) is 32.4 Å². The zero-order valence-electron chi connectivity index (χ0n) is 14.4. The summed E-state index contributed by atoms with van der Waals surface area (Å²) in [6.45, 7) is 4.35. The summed E-state index contributed by atoms with van der Waals surface area (Å²) in [6.07, 6.45) is 0.724. The molecule has 1 aromatic rings. The number of benzene rings is 1. The second kappa shape index (κ2) is 6.25. The fourth-order valence-corrected chi connectivity index (χ4v) is 4.26. The Morgan fingerprint density at radius 2 is 2.04 bits per heavy atom. The van der Waals surface area contributed by atoms with Crippen molar-refractivity contribution in [3.8, 4) is 0 Å². The van der Waals surface area contributed by atoms with Gasteiger partial charge in [-0.05, 0) is 36.6 Å². The number of hydrogen-bond acceptors (Lipinski definition) is 3. The molecule has 1 aromatic carbocycles. The number of likely N-dealkylation sites (tertiary alicyclic amines) is 1. The van der Waals surface area contributed by atoms with Crippen LogP contribution in [0, 0.1) is 23.1 Å². The SMILES string of the molecule is CN1CCC(NC(=O)[C@@H]2[C@H](C(=O)O)C2(C)C)C1c1ccc(Cl)c(F)c1. The molecule has 5 nitrogen and oxygen atoms in total. The summed E-state index contributed by atoms with van der Waals surface area (Å²) in [7, 11) is 1.92. The normalized spacial score (nSPS) is 30.9. The van der Waals surface area contributed by atoms with Crippen molar-refractivity contribution in [2.24, 2.45) is 17.3 Å². The van der Waals surface area contributed by atoms with Crippen molar-refractivity contribution in [3.63, 3.8) is 0 Å².